The summed E-state index contributed by atoms with van der Waals surface area (Å²) in [6.45, 7) is 9.36. The van der Waals surface area contributed by atoms with Crippen LogP contribution in [0.1, 0.15) is 32.3 Å². The van der Waals surface area contributed by atoms with E-state index in [2.05, 4.69) is 72.3 Å². The molecule has 0 aliphatic carbocycles. The average Bonchev–Trinajstić information content (AvgIpc) is 2.93. The fraction of sp³-hybridized carbons (Fsp3) is 0.650. The summed E-state index contributed by atoms with van der Waals surface area (Å²) < 4.78 is 5.78. The van der Waals surface area contributed by atoms with Gasteiger partial charge >= 0.3 is 0 Å². The molecule has 1 N–H and O–H groups in total. The predicted molar refractivity (Wildman–Crippen MR) is 121 cm³/mol. The molecule has 0 bridgehead atoms. The van der Waals surface area contributed by atoms with Crippen LogP contribution in [-0.4, -0.2) is 63.1 Å². The molecule has 1 saturated heterocycles. The van der Waals surface area contributed by atoms with Crippen LogP contribution in [0.5, 0.6) is 5.75 Å². The van der Waals surface area contributed by atoms with Gasteiger partial charge in [-0.15, -0.1) is 24.0 Å². The lowest BCUT2D eigenvalue weighted by atomic mass is 9.93. The van der Waals surface area contributed by atoms with Gasteiger partial charge in [-0.3, -0.25) is 4.99 Å². The maximum absolute atomic E-state index is 5.78. The van der Waals surface area contributed by atoms with Gasteiger partial charge in [0.1, 0.15) is 5.75 Å². The number of guanidine groups is 1. The third-order valence-electron chi connectivity index (χ3n) is 4.58. The molecule has 0 unspecified atom stereocenters. The molecule has 26 heavy (non-hydrogen) atoms. The van der Waals surface area contributed by atoms with Crippen LogP contribution in [-0.2, 0) is 6.54 Å². The topological polar surface area (TPSA) is 40.1 Å². The summed E-state index contributed by atoms with van der Waals surface area (Å²) in [4.78, 5) is 8.96. The van der Waals surface area contributed by atoms with E-state index in [-0.39, 0.29) is 24.0 Å². The van der Waals surface area contributed by atoms with E-state index in [4.69, 9.17) is 4.74 Å². The van der Waals surface area contributed by atoms with Gasteiger partial charge in [-0.2, -0.15) is 0 Å². The highest BCUT2D eigenvalue weighted by Crippen LogP contribution is 2.28. The molecule has 0 radical (unpaired) electrons. The smallest absolute Gasteiger partial charge is 0.193 e. The Labute approximate surface area is 176 Å². The third-order valence-corrected chi connectivity index (χ3v) is 4.58. The van der Waals surface area contributed by atoms with Crippen molar-refractivity contribution < 1.29 is 4.74 Å². The molecule has 0 spiro atoms. The molecule has 6 heteroatoms. The number of hydrogen-bond acceptors (Lipinski definition) is 3. The summed E-state index contributed by atoms with van der Waals surface area (Å²) in [5.41, 5.74) is 1.61. The number of likely N-dealkylation sites (tertiary alicyclic amines) is 1. The Morgan fingerprint density at radius 3 is 2.50 bits per heavy atom. The highest BCUT2D eigenvalue weighted by atomic mass is 127. The van der Waals surface area contributed by atoms with E-state index < -0.39 is 0 Å². The average molecular weight is 474 g/mol. The first-order chi connectivity index (χ1) is 11.9. The van der Waals surface area contributed by atoms with Crippen LogP contribution in [0.15, 0.2) is 29.3 Å². The van der Waals surface area contributed by atoms with Crippen molar-refractivity contribution in [1.82, 2.24) is 15.1 Å². The summed E-state index contributed by atoms with van der Waals surface area (Å²) in [6.07, 6.45) is 2.26. The summed E-state index contributed by atoms with van der Waals surface area (Å²) >= 11 is 0. The second kappa shape index (κ2) is 11.0. The van der Waals surface area contributed by atoms with Crippen molar-refractivity contribution in [2.24, 2.45) is 10.4 Å². The second-order valence-electron chi connectivity index (χ2n) is 7.89. The molecule has 1 aromatic rings. The van der Waals surface area contributed by atoms with Crippen LogP contribution in [0.4, 0.5) is 0 Å². The minimum Gasteiger partial charge on any atom is -0.494 e. The number of hydrogen-bond donors (Lipinski definition) is 1. The van der Waals surface area contributed by atoms with E-state index in [0.29, 0.717) is 5.41 Å². The molecule has 5 nitrogen and oxygen atoms in total. The zero-order chi connectivity index (χ0) is 18.3. The van der Waals surface area contributed by atoms with Crippen LogP contribution in [0.3, 0.4) is 0 Å². The number of ether oxygens (including phenoxy) is 1. The Bertz CT molecular complexity index is 557. The number of nitrogens with one attached hydrogen (secondary N) is 1. The largest absolute Gasteiger partial charge is 0.494 e. The van der Waals surface area contributed by atoms with Gasteiger partial charge in [0.15, 0.2) is 5.96 Å². The maximum Gasteiger partial charge on any atom is 0.193 e. The minimum absolute atomic E-state index is 0. The van der Waals surface area contributed by atoms with Crippen LogP contribution in [0, 0.1) is 5.41 Å². The van der Waals surface area contributed by atoms with Crippen molar-refractivity contribution >= 4 is 29.9 Å². The van der Waals surface area contributed by atoms with Crippen molar-refractivity contribution in [3.8, 4) is 5.75 Å². The number of rotatable bonds is 7. The molecule has 0 aromatic heterocycles. The molecule has 2 rings (SSSR count). The second-order valence-corrected chi connectivity index (χ2v) is 7.89. The number of nitrogens with zero attached hydrogens (tertiary/aromatic N) is 3. The number of halogens is 1. The van der Waals surface area contributed by atoms with Crippen LogP contribution < -0.4 is 10.1 Å². The van der Waals surface area contributed by atoms with Gasteiger partial charge in [-0.1, -0.05) is 26.0 Å². The summed E-state index contributed by atoms with van der Waals surface area (Å²) in [7, 11) is 6.02. The Morgan fingerprint density at radius 2 is 1.96 bits per heavy atom. The normalized spacial score (nSPS) is 16.5. The quantitative estimate of drug-likeness (QED) is 0.285. The van der Waals surface area contributed by atoms with Gasteiger partial charge in [-0.25, -0.2) is 0 Å². The fourth-order valence-corrected chi connectivity index (χ4v) is 3.08. The molecule has 0 amide bonds. The molecule has 1 aliphatic heterocycles. The van der Waals surface area contributed by atoms with E-state index in [0.717, 1.165) is 50.9 Å². The first-order valence-corrected chi connectivity index (χ1v) is 9.22. The van der Waals surface area contributed by atoms with Crippen molar-refractivity contribution in [2.45, 2.75) is 33.2 Å². The standard InChI is InChI=1S/C20H34N4O.HI/c1-20(2)11-13-24(16-20)19(21-3)22-15-17-7-9-18(10-8-17)25-14-6-12-23(4)5;/h7-10H,6,11-16H2,1-5H3,(H,21,22);1H. The zero-order valence-electron chi connectivity index (χ0n) is 16.9. The van der Waals surface area contributed by atoms with E-state index in [1.165, 1.54) is 12.0 Å². The van der Waals surface area contributed by atoms with E-state index in [9.17, 15) is 0 Å². The van der Waals surface area contributed by atoms with Crippen LogP contribution >= 0.6 is 24.0 Å². The van der Waals surface area contributed by atoms with Gasteiger partial charge in [0.2, 0.25) is 0 Å². The molecule has 0 atom stereocenters. The van der Waals surface area contributed by atoms with E-state index in [1.54, 1.807) is 0 Å². The maximum atomic E-state index is 5.78. The van der Waals surface area contributed by atoms with Gasteiger partial charge < -0.3 is 19.9 Å². The van der Waals surface area contributed by atoms with Crippen LogP contribution in [0.2, 0.25) is 0 Å². The lowest BCUT2D eigenvalue weighted by molar-refractivity contribution is 0.281. The Kier molecular flexibility index (Phi) is 9.71. The van der Waals surface area contributed by atoms with Crippen molar-refractivity contribution in [2.75, 3.05) is 47.4 Å². The Morgan fingerprint density at radius 1 is 1.27 bits per heavy atom. The summed E-state index contributed by atoms with van der Waals surface area (Å²) in [6, 6.07) is 8.34. The molecule has 1 aliphatic rings. The highest BCUT2D eigenvalue weighted by molar-refractivity contribution is 14.0. The molecule has 1 fully saturated rings. The van der Waals surface area contributed by atoms with Gasteiger partial charge in [0.25, 0.3) is 0 Å². The highest BCUT2D eigenvalue weighted by Gasteiger charge is 2.30. The third kappa shape index (κ3) is 7.70. The number of aliphatic imine (C=N–C) groups is 1. The monoisotopic (exact) mass is 474 g/mol. The summed E-state index contributed by atoms with van der Waals surface area (Å²) in [5.74, 6) is 1.93. The zero-order valence-corrected chi connectivity index (χ0v) is 19.2. The number of benzene rings is 1. The van der Waals surface area contributed by atoms with Crippen molar-refractivity contribution in [1.29, 1.82) is 0 Å². The van der Waals surface area contributed by atoms with Gasteiger partial charge in [0, 0.05) is 33.2 Å². The fourth-order valence-electron chi connectivity index (χ4n) is 3.08. The first-order valence-electron chi connectivity index (χ1n) is 9.22. The van der Waals surface area contributed by atoms with E-state index in [1.807, 2.05) is 7.05 Å². The Balaban J connectivity index is 0.00000338. The molecular formula is C20H35IN4O. The van der Waals surface area contributed by atoms with E-state index >= 15 is 0 Å². The van der Waals surface area contributed by atoms with Gasteiger partial charge in [-0.05, 0) is 50.0 Å². The first kappa shape index (κ1) is 23.0. The lowest BCUT2D eigenvalue weighted by Gasteiger charge is -2.23. The minimum atomic E-state index is 0. The van der Waals surface area contributed by atoms with Crippen molar-refractivity contribution in [3.05, 3.63) is 29.8 Å². The molecule has 1 aromatic carbocycles. The molecule has 1 heterocycles. The summed E-state index contributed by atoms with van der Waals surface area (Å²) in [5, 5.41) is 3.48. The molecule has 0 saturated carbocycles. The predicted octanol–water partition coefficient (Wildman–Crippen LogP) is 3.44. The van der Waals surface area contributed by atoms with Gasteiger partial charge in [0.05, 0.1) is 6.61 Å². The molecular weight excluding hydrogens is 439 g/mol. The SMILES string of the molecule is CN=C(NCc1ccc(OCCCN(C)C)cc1)N1CCC(C)(C)C1.I. The lowest BCUT2D eigenvalue weighted by Crippen LogP contribution is -2.40. The van der Waals surface area contributed by atoms with Crippen molar-refractivity contribution in [3.63, 3.8) is 0 Å². The Hall–Kier alpha value is -1.02. The molecule has 148 valence electrons. The van der Waals surface area contributed by atoms with Crippen LogP contribution in [0.25, 0.3) is 0 Å².